The highest BCUT2D eigenvalue weighted by Crippen LogP contribution is 2.24. The molecule has 0 bridgehead atoms. The average Bonchev–Trinajstić information content (AvgIpc) is 2.35. The van der Waals surface area contributed by atoms with E-state index < -0.39 is 5.97 Å². The van der Waals surface area contributed by atoms with Gasteiger partial charge in [-0.05, 0) is 30.9 Å². The summed E-state index contributed by atoms with van der Waals surface area (Å²) >= 11 is 0. The lowest BCUT2D eigenvalue weighted by Gasteiger charge is -2.08. The summed E-state index contributed by atoms with van der Waals surface area (Å²) < 4.78 is 4.57. The molecule has 0 aliphatic heterocycles. The number of methoxy groups -OCH3 is 1. The van der Waals surface area contributed by atoms with Crippen molar-refractivity contribution in [3.8, 4) is 5.75 Å². The van der Waals surface area contributed by atoms with Gasteiger partial charge in [0.15, 0.2) is 0 Å². The van der Waals surface area contributed by atoms with Crippen LogP contribution < -0.4 is 5.73 Å². The van der Waals surface area contributed by atoms with Crippen molar-refractivity contribution in [3.63, 3.8) is 0 Å². The van der Waals surface area contributed by atoms with Crippen LogP contribution in [0.2, 0.25) is 0 Å². The lowest BCUT2D eigenvalue weighted by atomic mass is 10.0. The molecular formula is C13H17NO4. The van der Waals surface area contributed by atoms with Crippen LogP contribution in [0.3, 0.4) is 0 Å². The number of aromatic hydroxyl groups is 1. The van der Waals surface area contributed by atoms with Gasteiger partial charge in [-0.2, -0.15) is 0 Å². The number of rotatable bonds is 6. The first kappa shape index (κ1) is 14.0. The second-order valence-corrected chi connectivity index (χ2v) is 3.98. The number of amides is 1. The number of aryl methyl sites for hydroxylation is 1. The van der Waals surface area contributed by atoms with Crippen molar-refractivity contribution in [2.45, 2.75) is 25.7 Å². The predicted molar refractivity (Wildman–Crippen MR) is 66.2 cm³/mol. The second kappa shape index (κ2) is 6.64. The Morgan fingerprint density at radius 2 is 2.06 bits per heavy atom. The summed E-state index contributed by atoms with van der Waals surface area (Å²) in [4.78, 5) is 21.9. The van der Waals surface area contributed by atoms with Crippen LogP contribution in [0.4, 0.5) is 0 Å². The summed E-state index contributed by atoms with van der Waals surface area (Å²) in [7, 11) is 1.27. The smallest absolute Gasteiger partial charge is 0.341 e. The van der Waals surface area contributed by atoms with Gasteiger partial charge in [0, 0.05) is 6.42 Å². The molecule has 0 radical (unpaired) electrons. The Bertz CT molecular complexity index is 443. The van der Waals surface area contributed by atoms with Crippen molar-refractivity contribution in [3.05, 3.63) is 29.3 Å². The van der Waals surface area contributed by atoms with E-state index in [0.29, 0.717) is 24.8 Å². The van der Waals surface area contributed by atoms with Gasteiger partial charge >= 0.3 is 5.97 Å². The van der Waals surface area contributed by atoms with Gasteiger partial charge in [-0.3, -0.25) is 4.79 Å². The number of primary amides is 1. The van der Waals surface area contributed by atoms with Crippen molar-refractivity contribution < 1.29 is 19.4 Å². The van der Waals surface area contributed by atoms with E-state index in [1.807, 2.05) is 0 Å². The Labute approximate surface area is 106 Å². The molecule has 3 N–H and O–H groups in total. The third kappa shape index (κ3) is 3.76. The Morgan fingerprint density at radius 1 is 1.33 bits per heavy atom. The lowest BCUT2D eigenvalue weighted by molar-refractivity contribution is -0.118. The molecular weight excluding hydrogens is 234 g/mol. The summed E-state index contributed by atoms with van der Waals surface area (Å²) in [5.74, 6) is -0.947. The number of hydrogen-bond acceptors (Lipinski definition) is 4. The molecule has 5 heteroatoms. The minimum Gasteiger partial charge on any atom is -0.507 e. The summed E-state index contributed by atoms with van der Waals surface area (Å²) in [6.45, 7) is 0. The van der Waals surface area contributed by atoms with Crippen LogP contribution in [0, 0.1) is 0 Å². The zero-order valence-electron chi connectivity index (χ0n) is 10.3. The fraction of sp³-hybridized carbons (Fsp3) is 0.385. The number of unbranched alkanes of at least 4 members (excludes halogenated alkanes) is 1. The fourth-order valence-corrected chi connectivity index (χ4v) is 1.68. The molecule has 0 heterocycles. The van der Waals surface area contributed by atoms with Crippen LogP contribution in [0.5, 0.6) is 5.75 Å². The van der Waals surface area contributed by atoms with Crippen molar-refractivity contribution in [2.24, 2.45) is 5.73 Å². The summed E-state index contributed by atoms with van der Waals surface area (Å²) in [5.41, 5.74) is 5.86. The van der Waals surface area contributed by atoms with Crippen LogP contribution >= 0.6 is 0 Å². The minimum absolute atomic E-state index is 0.0524. The monoisotopic (exact) mass is 251 g/mol. The van der Waals surface area contributed by atoms with E-state index in [0.717, 1.165) is 6.42 Å². The molecule has 1 amide bonds. The number of para-hydroxylation sites is 1. The number of esters is 1. The quantitative estimate of drug-likeness (QED) is 0.590. The number of phenolic OH excluding ortho intramolecular Hbond substituents is 1. The van der Waals surface area contributed by atoms with E-state index in [4.69, 9.17) is 5.73 Å². The topological polar surface area (TPSA) is 89.6 Å². The molecule has 0 fully saturated rings. The molecule has 0 aliphatic carbocycles. The van der Waals surface area contributed by atoms with Gasteiger partial charge in [-0.25, -0.2) is 4.79 Å². The third-order valence-corrected chi connectivity index (χ3v) is 2.64. The number of benzene rings is 1. The number of phenols is 1. The number of hydrogen-bond donors (Lipinski definition) is 2. The highest BCUT2D eigenvalue weighted by Gasteiger charge is 2.13. The largest absolute Gasteiger partial charge is 0.507 e. The Kier molecular flexibility index (Phi) is 5.17. The second-order valence-electron chi connectivity index (χ2n) is 3.98. The summed E-state index contributed by atoms with van der Waals surface area (Å²) in [6, 6.07) is 4.94. The van der Waals surface area contributed by atoms with E-state index in [-0.39, 0.29) is 17.2 Å². The number of carbonyl (C=O) groups excluding carboxylic acids is 2. The lowest BCUT2D eigenvalue weighted by Crippen LogP contribution is -2.09. The zero-order valence-corrected chi connectivity index (χ0v) is 10.3. The van der Waals surface area contributed by atoms with Crippen LogP contribution in [0.1, 0.15) is 35.2 Å². The highest BCUT2D eigenvalue weighted by molar-refractivity contribution is 5.92. The van der Waals surface area contributed by atoms with Gasteiger partial charge in [0.2, 0.25) is 5.91 Å². The van der Waals surface area contributed by atoms with Gasteiger partial charge in [0.25, 0.3) is 0 Å². The Morgan fingerprint density at radius 3 is 2.67 bits per heavy atom. The number of ether oxygens (including phenoxy) is 1. The van der Waals surface area contributed by atoms with Crippen molar-refractivity contribution >= 4 is 11.9 Å². The van der Waals surface area contributed by atoms with Crippen LogP contribution in [0.25, 0.3) is 0 Å². The van der Waals surface area contributed by atoms with Crippen molar-refractivity contribution in [1.29, 1.82) is 0 Å². The van der Waals surface area contributed by atoms with Gasteiger partial charge in [0.1, 0.15) is 11.3 Å². The van der Waals surface area contributed by atoms with E-state index in [2.05, 4.69) is 4.74 Å². The molecule has 0 atom stereocenters. The fourth-order valence-electron chi connectivity index (χ4n) is 1.68. The molecule has 0 aliphatic rings. The minimum atomic E-state index is -0.563. The first-order chi connectivity index (χ1) is 8.56. The first-order valence-corrected chi connectivity index (χ1v) is 5.73. The van der Waals surface area contributed by atoms with E-state index in [9.17, 15) is 14.7 Å². The maximum Gasteiger partial charge on any atom is 0.341 e. The first-order valence-electron chi connectivity index (χ1n) is 5.73. The van der Waals surface area contributed by atoms with Crippen molar-refractivity contribution in [2.75, 3.05) is 7.11 Å². The number of nitrogens with two attached hydrogens (primary N) is 1. The maximum absolute atomic E-state index is 11.4. The Balaban J connectivity index is 2.66. The molecule has 0 saturated heterocycles. The molecule has 0 aromatic heterocycles. The van der Waals surface area contributed by atoms with Crippen LogP contribution in [0.15, 0.2) is 18.2 Å². The van der Waals surface area contributed by atoms with Gasteiger partial charge in [0.05, 0.1) is 7.11 Å². The van der Waals surface area contributed by atoms with Gasteiger partial charge in [-0.1, -0.05) is 12.1 Å². The molecule has 1 aromatic rings. The highest BCUT2D eigenvalue weighted by atomic mass is 16.5. The molecule has 98 valence electrons. The molecule has 0 unspecified atom stereocenters. The predicted octanol–water partition coefficient (Wildman–Crippen LogP) is 1.38. The van der Waals surface area contributed by atoms with Crippen LogP contribution in [-0.4, -0.2) is 24.1 Å². The molecule has 0 saturated carbocycles. The van der Waals surface area contributed by atoms with Crippen molar-refractivity contribution in [1.82, 2.24) is 0 Å². The maximum atomic E-state index is 11.4. The molecule has 0 spiro atoms. The normalized spacial score (nSPS) is 10.1. The van der Waals surface area contributed by atoms with Gasteiger partial charge < -0.3 is 15.6 Å². The molecule has 1 aromatic carbocycles. The summed E-state index contributed by atoms with van der Waals surface area (Å²) in [5, 5.41) is 9.91. The van der Waals surface area contributed by atoms with Crippen LogP contribution in [-0.2, 0) is 16.0 Å². The molecule has 18 heavy (non-hydrogen) atoms. The van der Waals surface area contributed by atoms with E-state index in [1.54, 1.807) is 12.1 Å². The average molecular weight is 251 g/mol. The standard InChI is InChI=1S/C13H17NO4/c1-18-13(17)10-7-4-6-9(12(10)16)5-2-3-8-11(14)15/h4,6-7,16H,2-3,5,8H2,1H3,(H2,14,15). The Hall–Kier alpha value is -2.04. The van der Waals surface area contributed by atoms with Gasteiger partial charge in [-0.15, -0.1) is 0 Å². The van der Waals surface area contributed by atoms with E-state index >= 15 is 0 Å². The zero-order chi connectivity index (χ0) is 13.5. The summed E-state index contributed by atoms with van der Waals surface area (Å²) in [6.07, 6.45) is 2.31. The van der Waals surface area contributed by atoms with E-state index in [1.165, 1.54) is 13.2 Å². The third-order valence-electron chi connectivity index (χ3n) is 2.64. The SMILES string of the molecule is COC(=O)c1cccc(CCCCC(N)=O)c1O. The number of carbonyl (C=O) groups is 2. The molecule has 5 nitrogen and oxygen atoms in total. The molecule has 1 rings (SSSR count).